The first-order valence-corrected chi connectivity index (χ1v) is 7.73. The van der Waals surface area contributed by atoms with Gasteiger partial charge in [-0.25, -0.2) is 0 Å². The Morgan fingerprint density at radius 3 is 2.75 bits per heavy atom. The quantitative estimate of drug-likeness (QED) is 0.737. The number of carbonyl (C=O) groups is 1. The van der Waals surface area contributed by atoms with Gasteiger partial charge in [0.15, 0.2) is 0 Å². The molecule has 0 N–H and O–H groups in total. The first-order chi connectivity index (χ1) is 7.78. The van der Waals surface area contributed by atoms with Crippen LogP contribution in [0.2, 0.25) is 0 Å². The van der Waals surface area contributed by atoms with Crippen molar-refractivity contribution in [3.63, 3.8) is 0 Å². The molecule has 0 aromatic heterocycles. The first kappa shape index (κ1) is 10.9. The third-order valence-corrected chi connectivity index (χ3v) is 5.87. The minimum absolute atomic E-state index is 0.393. The Bertz CT molecular complexity index is 284. The van der Waals surface area contributed by atoms with E-state index in [1.54, 1.807) is 0 Å². The minimum Gasteiger partial charge on any atom is -0.341 e. The van der Waals surface area contributed by atoms with E-state index >= 15 is 0 Å². The maximum absolute atomic E-state index is 12.3. The van der Waals surface area contributed by atoms with Gasteiger partial charge in [0.1, 0.15) is 0 Å². The lowest BCUT2D eigenvalue weighted by atomic mass is 10.0. The van der Waals surface area contributed by atoms with Crippen molar-refractivity contribution in [1.82, 2.24) is 4.90 Å². The van der Waals surface area contributed by atoms with Crippen molar-refractivity contribution in [1.29, 1.82) is 0 Å². The van der Waals surface area contributed by atoms with Gasteiger partial charge in [0.05, 0.1) is 0 Å². The second-order valence-corrected chi connectivity index (χ2v) is 7.02. The van der Waals surface area contributed by atoms with Crippen molar-refractivity contribution in [3.8, 4) is 0 Å². The average Bonchev–Trinajstić information content (AvgIpc) is 2.95. The second kappa shape index (κ2) is 4.25. The van der Waals surface area contributed by atoms with Gasteiger partial charge in [0.25, 0.3) is 0 Å². The molecule has 3 unspecified atom stereocenters. The predicted molar refractivity (Wildman–Crippen MR) is 67.4 cm³/mol. The molecule has 2 saturated carbocycles. The molecule has 0 radical (unpaired) electrons. The van der Waals surface area contributed by atoms with Gasteiger partial charge in [-0.1, -0.05) is 6.92 Å². The van der Waals surface area contributed by atoms with Crippen LogP contribution in [0.1, 0.15) is 32.6 Å². The Balaban J connectivity index is 1.57. The van der Waals surface area contributed by atoms with Gasteiger partial charge in [-0.3, -0.25) is 4.79 Å². The standard InChI is InChI=1S/C13H21NOS/c1-2-12-8-14(3-4-16-12)13(15)11-6-9-5-10(9)7-11/h9-12H,2-8H2,1H3. The van der Waals surface area contributed by atoms with E-state index in [9.17, 15) is 4.79 Å². The molecule has 0 aromatic rings. The average molecular weight is 239 g/mol. The van der Waals surface area contributed by atoms with E-state index in [1.165, 1.54) is 25.7 Å². The zero-order valence-corrected chi connectivity index (χ0v) is 10.8. The highest BCUT2D eigenvalue weighted by molar-refractivity contribution is 8.00. The molecule has 1 saturated heterocycles. The van der Waals surface area contributed by atoms with Crippen molar-refractivity contribution in [2.75, 3.05) is 18.8 Å². The van der Waals surface area contributed by atoms with Gasteiger partial charge in [-0.15, -0.1) is 0 Å². The summed E-state index contributed by atoms with van der Waals surface area (Å²) in [5, 5.41) is 0.689. The topological polar surface area (TPSA) is 20.3 Å². The van der Waals surface area contributed by atoms with Crippen LogP contribution in [0.3, 0.4) is 0 Å². The molecule has 0 spiro atoms. The highest BCUT2D eigenvalue weighted by Gasteiger charge is 2.48. The molecule has 90 valence electrons. The second-order valence-electron chi connectivity index (χ2n) is 5.61. The number of amides is 1. The van der Waals surface area contributed by atoms with Crippen molar-refractivity contribution < 1.29 is 4.79 Å². The van der Waals surface area contributed by atoms with Crippen LogP contribution in [-0.2, 0) is 4.79 Å². The van der Waals surface area contributed by atoms with Crippen LogP contribution in [0.4, 0.5) is 0 Å². The molecule has 3 fully saturated rings. The maximum atomic E-state index is 12.3. The summed E-state index contributed by atoms with van der Waals surface area (Å²) in [7, 11) is 0. The molecule has 0 aromatic carbocycles. The normalized spacial score (nSPS) is 41.9. The number of hydrogen-bond donors (Lipinski definition) is 0. The molecular weight excluding hydrogens is 218 g/mol. The van der Waals surface area contributed by atoms with Gasteiger partial charge in [-0.05, 0) is 37.5 Å². The maximum Gasteiger partial charge on any atom is 0.225 e. The summed E-state index contributed by atoms with van der Waals surface area (Å²) in [6.45, 7) is 4.23. The fourth-order valence-electron chi connectivity index (χ4n) is 3.34. The van der Waals surface area contributed by atoms with Crippen LogP contribution in [0.25, 0.3) is 0 Å². The van der Waals surface area contributed by atoms with Crippen LogP contribution in [0.5, 0.6) is 0 Å². The summed E-state index contributed by atoms with van der Waals surface area (Å²) < 4.78 is 0. The Kier molecular flexibility index (Phi) is 2.90. The summed E-state index contributed by atoms with van der Waals surface area (Å²) in [5.74, 6) is 3.87. The van der Waals surface area contributed by atoms with Crippen LogP contribution in [0, 0.1) is 17.8 Å². The number of carbonyl (C=O) groups excluding carboxylic acids is 1. The van der Waals surface area contributed by atoms with Gasteiger partial charge in [-0.2, -0.15) is 11.8 Å². The zero-order chi connectivity index (χ0) is 11.1. The fraction of sp³-hybridized carbons (Fsp3) is 0.923. The largest absolute Gasteiger partial charge is 0.341 e. The molecule has 3 aliphatic rings. The molecule has 3 heteroatoms. The SMILES string of the molecule is CCC1CN(C(=O)C2CC3CC3C2)CCS1. The van der Waals surface area contributed by atoms with Crippen molar-refractivity contribution >= 4 is 17.7 Å². The lowest BCUT2D eigenvalue weighted by molar-refractivity contribution is -0.135. The van der Waals surface area contributed by atoms with Crippen LogP contribution < -0.4 is 0 Å². The Morgan fingerprint density at radius 1 is 1.31 bits per heavy atom. The number of hydrogen-bond acceptors (Lipinski definition) is 2. The predicted octanol–water partition coefficient (Wildman–Crippen LogP) is 2.39. The van der Waals surface area contributed by atoms with Crippen LogP contribution in [0.15, 0.2) is 0 Å². The van der Waals surface area contributed by atoms with E-state index in [-0.39, 0.29) is 0 Å². The van der Waals surface area contributed by atoms with E-state index in [2.05, 4.69) is 11.8 Å². The molecule has 2 aliphatic carbocycles. The van der Waals surface area contributed by atoms with Gasteiger partial charge in [0.2, 0.25) is 5.91 Å². The van der Waals surface area contributed by atoms with E-state index in [1.807, 2.05) is 11.8 Å². The number of thioether (sulfide) groups is 1. The highest BCUT2D eigenvalue weighted by Crippen LogP contribution is 2.54. The third kappa shape index (κ3) is 1.99. The van der Waals surface area contributed by atoms with E-state index in [4.69, 9.17) is 0 Å². The Hall–Kier alpha value is -0.180. The Labute approximate surface area is 102 Å². The Morgan fingerprint density at radius 2 is 2.06 bits per heavy atom. The lowest BCUT2D eigenvalue weighted by Crippen LogP contribution is -2.44. The van der Waals surface area contributed by atoms with Gasteiger partial charge < -0.3 is 4.90 Å². The van der Waals surface area contributed by atoms with Crippen molar-refractivity contribution in [3.05, 3.63) is 0 Å². The summed E-state index contributed by atoms with van der Waals surface area (Å²) in [6, 6.07) is 0. The summed E-state index contributed by atoms with van der Waals surface area (Å²) in [5.41, 5.74) is 0. The molecule has 0 bridgehead atoms. The summed E-state index contributed by atoms with van der Waals surface area (Å²) >= 11 is 2.04. The fourth-order valence-corrected chi connectivity index (χ4v) is 4.52. The third-order valence-electron chi connectivity index (χ3n) is 4.50. The van der Waals surface area contributed by atoms with Gasteiger partial charge >= 0.3 is 0 Å². The summed E-state index contributed by atoms with van der Waals surface area (Å²) in [4.78, 5) is 14.5. The summed E-state index contributed by atoms with van der Waals surface area (Å²) in [6.07, 6.45) is 5.01. The molecule has 1 aliphatic heterocycles. The van der Waals surface area contributed by atoms with E-state index in [0.29, 0.717) is 17.1 Å². The molecule has 1 heterocycles. The molecular formula is C13H21NOS. The molecule has 3 atom stereocenters. The van der Waals surface area contributed by atoms with Gasteiger partial charge in [0, 0.05) is 30.0 Å². The number of nitrogens with zero attached hydrogens (tertiary/aromatic N) is 1. The van der Waals surface area contributed by atoms with Crippen molar-refractivity contribution in [2.24, 2.45) is 17.8 Å². The van der Waals surface area contributed by atoms with Crippen LogP contribution >= 0.6 is 11.8 Å². The van der Waals surface area contributed by atoms with Crippen LogP contribution in [-0.4, -0.2) is 34.9 Å². The minimum atomic E-state index is 0.393. The van der Waals surface area contributed by atoms with Crippen molar-refractivity contribution in [2.45, 2.75) is 37.9 Å². The molecule has 16 heavy (non-hydrogen) atoms. The van der Waals surface area contributed by atoms with E-state index in [0.717, 1.165) is 30.7 Å². The first-order valence-electron chi connectivity index (χ1n) is 6.68. The monoisotopic (exact) mass is 239 g/mol. The molecule has 1 amide bonds. The zero-order valence-electron chi connectivity index (χ0n) is 10.0. The molecule has 2 nitrogen and oxygen atoms in total. The number of fused-ring (bicyclic) bond motifs is 1. The lowest BCUT2D eigenvalue weighted by Gasteiger charge is -2.33. The number of rotatable bonds is 2. The highest BCUT2D eigenvalue weighted by atomic mass is 32.2. The molecule has 3 rings (SSSR count). The smallest absolute Gasteiger partial charge is 0.225 e. The van der Waals surface area contributed by atoms with E-state index < -0.39 is 0 Å².